The highest BCUT2D eigenvalue weighted by atomic mass is 16.6. The van der Waals surface area contributed by atoms with Crippen LogP contribution >= 0.6 is 0 Å². The average molecular weight is 495 g/mol. The van der Waals surface area contributed by atoms with Crippen molar-refractivity contribution in [2.45, 2.75) is 25.5 Å². The lowest BCUT2D eigenvalue weighted by atomic mass is 9.72. The smallest absolute Gasteiger partial charge is 0.351 e. The lowest BCUT2D eigenvalue weighted by Crippen LogP contribution is -2.51. The third-order valence-corrected chi connectivity index (χ3v) is 8.13. The minimum absolute atomic E-state index is 0.0650. The summed E-state index contributed by atoms with van der Waals surface area (Å²) >= 11 is 0. The molecule has 9 heteroatoms. The van der Waals surface area contributed by atoms with E-state index in [4.69, 9.17) is 15.6 Å². The number of H-pyrrole nitrogens is 2. The zero-order valence-corrected chi connectivity index (χ0v) is 20.3. The van der Waals surface area contributed by atoms with Gasteiger partial charge in [0.15, 0.2) is 0 Å². The fourth-order valence-corrected chi connectivity index (χ4v) is 6.66. The van der Waals surface area contributed by atoms with Crippen LogP contribution in [0.1, 0.15) is 17.5 Å². The number of anilines is 3. The van der Waals surface area contributed by atoms with Gasteiger partial charge in [0.1, 0.15) is 6.10 Å². The van der Waals surface area contributed by atoms with Crippen LogP contribution in [0.2, 0.25) is 0 Å². The highest BCUT2D eigenvalue weighted by Crippen LogP contribution is 2.56. The molecule has 2 aromatic carbocycles. The van der Waals surface area contributed by atoms with E-state index in [1.165, 1.54) is 0 Å². The molecule has 1 amide bonds. The van der Waals surface area contributed by atoms with E-state index in [-0.39, 0.29) is 41.7 Å². The molecule has 3 heterocycles. The maximum Gasteiger partial charge on any atom is 0.351 e. The highest BCUT2D eigenvalue weighted by Gasteiger charge is 2.65. The van der Waals surface area contributed by atoms with Crippen molar-refractivity contribution in [3.8, 4) is 0 Å². The number of benzene rings is 2. The molecule has 1 aliphatic heterocycles. The minimum Gasteiger partial charge on any atom is -0.391 e. The van der Waals surface area contributed by atoms with Crippen molar-refractivity contribution in [3.05, 3.63) is 78.0 Å². The first-order valence-electron chi connectivity index (χ1n) is 12.7. The number of aromatic amines is 2. The number of carbonyl (C=O) groups excluding carboxylic acids is 1. The Morgan fingerprint density at radius 1 is 1.14 bits per heavy atom. The number of aromatic nitrogens is 3. The molecular formula is C28H28N7O2+. The van der Waals surface area contributed by atoms with Gasteiger partial charge >= 0.3 is 5.95 Å². The molecule has 4 aromatic rings. The van der Waals surface area contributed by atoms with Gasteiger partial charge in [-0.1, -0.05) is 52.6 Å². The molecule has 3 aliphatic rings. The molecule has 6 atom stereocenters. The molecule has 2 bridgehead atoms. The molecule has 6 N–H and O–H groups in total. The van der Waals surface area contributed by atoms with E-state index >= 15 is 0 Å². The van der Waals surface area contributed by atoms with Crippen molar-refractivity contribution in [2.75, 3.05) is 10.6 Å². The maximum atomic E-state index is 12.8. The van der Waals surface area contributed by atoms with Crippen molar-refractivity contribution >= 4 is 40.1 Å². The quantitative estimate of drug-likeness (QED) is 0.326. The molecular weight excluding hydrogens is 466 g/mol. The van der Waals surface area contributed by atoms with Gasteiger partial charge in [-0.15, -0.1) is 0 Å². The number of nitrogens with two attached hydrogens (primary N) is 1. The van der Waals surface area contributed by atoms with Gasteiger partial charge in [0.2, 0.25) is 17.4 Å². The molecule has 9 nitrogen and oxygen atoms in total. The van der Waals surface area contributed by atoms with Crippen LogP contribution < -0.4 is 21.4 Å². The first-order valence-corrected chi connectivity index (χ1v) is 12.7. The zero-order chi connectivity index (χ0) is 25.1. The number of fused-ring (bicyclic) bond motifs is 6. The van der Waals surface area contributed by atoms with Crippen molar-refractivity contribution in [2.24, 2.45) is 34.6 Å². The highest BCUT2D eigenvalue weighted by molar-refractivity contribution is 6.04. The van der Waals surface area contributed by atoms with Crippen molar-refractivity contribution in [1.82, 2.24) is 9.97 Å². The van der Waals surface area contributed by atoms with Crippen LogP contribution in [-0.2, 0) is 9.63 Å². The summed E-state index contributed by atoms with van der Waals surface area (Å²) in [6, 6.07) is 20.0. The standard InChI is InChI=1S/C28H27N7O2/c1-14-6-5-9-16(12-14)31-28-33-26-17(10-11-30-26)27(34-28)32-23-19-13-18(21(23)25(29)36)20-22(35-37-24(19)20)15-7-3-2-4-8-15/h2-12,18-21,23-24H,13H2,1H3,(H2,29,36)(H3,30,31,32,33,34)/p+1. The van der Waals surface area contributed by atoms with E-state index in [0.717, 1.165) is 45.8 Å². The third kappa shape index (κ3) is 3.53. The second-order valence-corrected chi connectivity index (χ2v) is 10.3. The van der Waals surface area contributed by atoms with Crippen molar-refractivity contribution < 1.29 is 14.6 Å². The Balaban J connectivity index is 1.21. The number of hydrogen-bond donors (Lipinski definition) is 4. The molecule has 186 valence electrons. The molecule has 37 heavy (non-hydrogen) atoms. The van der Waals surface area contributed by atoms with Gasteiger partial charge in [-0.2, -0.15) is 0 Å². The van der Waals surface area contributed by atoms with Crippen LogP contribution in [0.3, 0.4) is 0 Å². The number of hydrogen-bond acceptors (Lipinski definition) is 6. The predicted octanol–water partition coefficient (Wildman–Crippen LogP) is 3.38. The van der Waals surface area contributed by atoms with E-state index < -0.39 is 0 Å². The Bertz CT molecular complexity index is 1530. The molecule has 0 spiro atoms. The number of carbonyl (C=O) groups is 1. The maximum absolute atomic E-state index is 12.8. The van der Waals surface area contributed by atoms with E-state index in [1.807, 2.05) is 67.7 Å². The zero-order valence-electron chi connectivity index (χ0n) is 20.3. The normalized spacial score (nSPS) is 27.5. The van der Waals surface area contributed by atoms with Gasteiger partial charge in [0.25, 0.3) is 0 Å². The van der Waals surface area contributed by atoms with Crippen LogP contribution in [0.25, 0.3) is 11.0 Å². The summed E-state index contributed by atoms with van der Waals surface area (Å²) in [4.78, 5) is 30.2. The number of aryl methyl sites for hydroxylation is 1. The number of rotatable bonds is 6. The molecule has 2 saturated carbocycles. The van der Waals surface area contributed by atoms with E-state index in [2.05, 4.69) is 31.8 Å². The molecule has 0 radical (unpaired) electrons. The minimum atomic E-state index is -0.342. The molecule has 6 unspecified atom stereocenters. The number of amides is 1. The Labute approximate surface area is 213 Å². The summed E-state index contributed by atoms with van der Waals surface area (Å²) in [5.74, 6) is 0.970. The summed E-state index contributed by atoms with van der Waals surface area (Å²) in [6.07, 6.45) is 2.64. The Hall–Kier alpha value is -4.40. The van der Waals surface area contributed by atoms with Crippen LogP contribution in [0, 0.1) is 30.6 Å². The molecule has 2 fully saturated rings. The van der Waals surface area contributed by atoms with Gasteiger partial charge in [0.05, 0.1) is 28.7 Å². The van der Waals surface area contributed by atoms with Gasteiger partial charge in [-0.25, -0.2) is 4.98 Å². The topological polar surface area (TPSA) is 132 Å². The lowest BCUT2D eigenvalue weighted by Gasteiger charge is -2.34. The third-order valence-electron chi connectivity index (χ3n) is 8.13. The van der Waals surface area contributed by atoms with Crippen molar-refractivity contribution in [3.63, 3.8) is 0 Å². The average Bonchev–Trinajstić information content (AvgIpc) is 3.66. The second-order valence-electron chi connectivity index (χ2n) is 10.3. The Kier molecular flexibility index (Phi) is 4.92. The summed E-state index contributed by atoms with van der Waals surface area (Å²) in [6.45, 7) is 2.05. The molecule has 2 aliphatic carbocycles. The largest absolute Gasteiger partial charge is 0.391 e. The monoisotopic (exact) mass is 494 g/mol. The Morgan fingerprint density at radius 2 is 2.00 bits per heavy atom. The summed E-state index contributed by atoms with van der Waals surface area (Å²) in [5.41, 5.74) is 10.8. The van der Waals surface area contributed by atoms with Crippen LogP contribution in [-0.4, -0.2) is 33.7 Å². The number of primary amides is 1. The fourth-order valence-electron chi connectivity index (χ4n) is 6.66. The summed E-state index contributed by atoms with van der Waals surface area (Å²) < 4.78 is 0. The summed E-state index contributed by atoms with van der Waals surface area (Å²) in [5, 5.41) is 12.4. The van der Waals surface area contributed by atoms with Crippen molar-refractivity contribution in [1.29, 1.82) is 0 Å². The predicted molar refractivity (Wildman–Crippen MR) is 140 cm³/mol. The van der Waals surface area contributed by atoms with Crippen LogP contribution in [0.5, 0.6) is 0 Å². The first-order chi connectivity index (χ1) is 18.1. The summed E-state index contributed by atoms with van der Waals surface area (Å²) in [7, 11) is 0. The molecule has 0 saturated heterocycles. The fraction of sp³-hybridized carbons (Fsp3) is 0.286. The van der Waals surface area contributed by atoms with E-state index in [1.54, 1.807) is 0 Å². The van der Waals surface area contributed by atoms with E-state index in [0.29, 0.717) is 5.95 Å². The lowest BCUT2D eigenvalue weighted by molar-refractivity contribution is -0.346. The van der Waals surface area contributed by atoms with Gasteiger partial charge in [-0.3, -0.25) is 10.1 Å². The van der Waals surface area contributed by atoms with Crippen LogP contribution in [0.15, 0.2) is 72.0 Å². The SMILES string of the molecule is Cc1cccc(Nc2nc3[nH]ccc3c(NC3C4CC(C3C(N)=O)C3C(c5ccccc5)=NOC43)[nH+]2)c1. The number of nitrogens with zero attached hydrogens (tertiary/aromatic N) is 2. The first kappa shape index (κ1) is 21.8. The van der Waals surface area contributed by atoms with Gasteiger partial charge < -0.3 is 20.9 Å². The Morgan fingerprint density at radius 3 is 2.81 bits per heavy atom. The molecule has 2 aromatic heterocycles. The van der Waals surface area contributed by atoms with Gasteiger partial charge in [-0.05, 0) is 48.6 Å². The van der Waals surface area contributed by atoms with E-state index in [9.17, 15) is 4.79 Å². The number of nitrogens with one attached hydrogen (secondary N) is 4. The molecule has 7 rings (SSSR count). The van der Waals surface area contributed by atoms with Crippen LogP contribution in [0.4, 0.5) is 17.5 Å². The van der Waals surface area contributed by atoms with Gasteiger partial charge in [0, 0.05) is 18.0 Å². The second kappa shape index (κ2) is 8.33. The number of oxime groups is 1.